The normalized spacial score (nSPS) is 17.7. The Balaban J connectivity index is 2.09. The minimum atomic E-state index is -0.227. The van der Waals surface area contributed by atoms with Crippen molar-refractivity contribution in [1.29, 1.82) is 0 Å². The molecule has 2 rings (SSSR count). The minimum Gasteiger partial charge on any atom is -0.309 e. The average molecular weight is 282 g/mol. The maximum Gasteiger partial charge on any atom is 0.231 e. The van der Waals surface area contributed by atoms with Crippen LogP contribution in [0.25, 0.3) is 0 Å². The van der Waals surface area contributed by atoms with Gasteiger partial charge in [0, 0.05) is 5.41 Å². The second-order valence-electron chi connectivity index (χ2n) is 5.76. The maximum absolute atomic E-state index is 12.5. The first-order valence-electron chi connectivity index (χ1n) is 6.81. The molecule has 19 heavy (non-hydrogen) atoms. The fourth-order valence-electron chi connectivity index (χ4n) is 2.98. The topological polar surface area (TPSA) is 54.9 Å². The molecule has 0 atom stereocenters. The summed E-state index contributed by atoms with van der Waals surface area (Å²) in [6, 6.07) is 0. The van der Waals surface area contributed by atoms with Gasteiger partial charge in [0.15, 0.2) is 5.82 Å². The van der Waals surface area contributed by atoms with E-state index in [9.17, 15) is 4.79 Å². The van der Waals surface area contributed by atoms with Crippen LogP contribution in [0.3, 0.4) is 0 Å². The Morgan fingerprint density at radius 1 is 1.37 bits per heavy atom. The fraction of sp³-hybridized carbons (Fsp3) is 0.643. The van der Waals surface area contributed by atoms with Crippen LogP contribution in [0, 0.1) is 11.3 Å². The summed E-state index contributed by atoms with van der Waals surface area (Å²) in [5, 5.41) is 3.22. The number of nitrogens with zero attached hydrogens (tertiary/aromatic N) is 2. The zero-order valence-electron chi connectivity index (χ0n) is 11.4. The molecule has 0 unspecified atom stereocenters. The Hall–Kier alpha value is -1.16. The minimum absolute atomic E-state index is 0.0790. The summed E-state index contributed by atoms with van der Waals surface area (Å²) in [6.07, 6.45) is 8.08. The Bertz CT molecular complexity index is 439. The lowest BCUT2D eigenvalue weighted by atomic mass is 9.77. The van der Waals surface area contributed by atoms with Gasteiger partial charge < -0.3 is 5.32 Å². The Morgan fingerprint density at radius 3 is 2.58 bits per heavy atom. The van der Waals surface area contributed by atoms with E-state index in [2.05, 4.69) is 29.1 Å². The van der Waals surface area contributed by atoms with Gasteiger partial charge in [-0.05, 0) is 25.2 Å². The van der Waals surface area contributed by atoms with Crippen molar-refractivity contribution < 1.29 is 4.79 Å². The van der Waals surface area contributed by atoms with Crippen molar-refractivity contribution in [2.45, 2.75) is 46.0 Å². The molecule has 1 aromatic rings. The molecule has 0 spiro atoms. The molecule has 0 aliphatic heterocycles. The van der Waals surface area contributed by atoms with Gasteiger partial charge in [0.1, 0.15) is 5.15 Å². The second kappa shape index (κ2) is 5.87. The van der Waals surface area contributed by atoms with Crippen molar-refractivity contribution in [3.8, 4) is 0 Å². The third kappa shape index (κ3) is 3.44. The molecule has 1 N–H and O–H groups in total. The van der Waals surface area contributed by atoms with Gasteiger partial charge in [-0.1, -0.05) is 38.3 Å². The standard InChI is InChI=1S/C14H20ClN3O/c1-10(2)7-14(5-3-4-6-14)13(19)18-12-9-16-11(15)8-17-12/h8-10H,3-7H2,1-2H3,(H,17,18,19). The van der Waals surface area contributed by atoms with Crippen LogP contribution >= 0.6 is 11.6 Å². The number of carbonyl (C=O) groups excluding carboxylic acids is 1. The van der Waals surface area contributed by atoms with Gasteiger partial charge in [-0.15, -0.1) is 0 Å². The van der Waals surface area contributed by atoms with E-state index >= 15 is 0 Å². The molecular weight excluding hydrogens is 262 g/mol. The zero-order chi connectivity index (χ0) is 13.9. The summed E-state index contributed by atoms with van der Waals surface area (Å²) >= 11 is 5.69. The molecular formula is C14H20ClN3O. The monoisotopic (exact) mass is 281 g/mol. The van der Waals surface area contributed by atoms with E-state index < -0.39 is 0 Å². The third-order valence-corrected chi connectivity index (χ3v) is 3.90. The van der Waals surface area contributed by atoms with Crippen molar-refractivity contribution in [2.24, 2.45) is 11.3 Å². The van der Waals surface area contributed by atoms with Gasteiger partial charge in [-0.25, -0.2) is 9.97 Å². The van der Waals surface area contributed by atoms with Crippen molar-refractivity contribution >= 4 is 23.3 Å². The predicted molar refractivity (Wildman–Crippen MR) is 76.0 cm³/mol. The maximum atomic E-state index is 12.5. The molecule has 1 fully saturated rings. The van der Waals surface area contributed by atoms with E-state index in [1.54, 1.807) is 0 Å². The van der Waals surface area contributed by atoms with E-state index in [1.165, 1.54) is 12.4 Å². The van der Waals surface area contributed by atoms with Crippen LogP contribution < -0.4 is 5.32 Å². The van der Waals surface area contributed by atoms with E-state index in [0.29, 0.717) is 16.9 Å². The van der Waals surface area contributed by atoms with Gasteiger partial charge in [0.05, 0.1) is 12.4 Å². The number of carbonyl (C=O) groups is 1. The van der Waals surface area contributed by atoms with Crippen molar-refractivity contribution in [3.63, 3.8) is 0 Å². The van der Waals surface area contributed by atoms with Crippen LogP contribution in [0.5, 0.6) is 0 Å². The Labute approximate surface area is 119 Å². The van der Waals surface area contributed by atoms with Crippen LogP contribution in [0.2, 0.25) is 5.15 Å². The van der Waals surface area contributed by atoms with E-state index in [-0.39, 0.29) is 11.3 Å². The number of hydrogen-bond donors (Lipinski definition) is 1. The number of amides is 1. The Kier molecular flexibility index (Phi) is 4.40. The molecule has 0 aromatic carbocycles. The first-order chi connectivity index (χ1) is 9.02. The van der Waals surface area contributed by atoms with Crippen LogP contribution in [0.15, 0.2) is 12.4 Å². The molecule has 0 radical (unpaired) electrons. The van der Waals surface area contributed by atoms with Gasteiger partial charge in [0.2, 0.25) is 5.91 Å². The SMILES string of the molecule is CC(C)CC1(C(=O)Nc2cnc(Cl)cn2)CCCC1. The van der Waals surface area contributed by atoms with Gasteiger partial charge in [-0.2, -0.15) is 0 Å². The molecule has 104 valence electrons. The predicted octanol–water partition coefficient (Wildman–Crippen LogP) is 3.68. The lowest BCUT2D eigenvalue weighted by molar-refractivity contribution is -0.126. The molecule has 0 bridgehead atoms. The second-order valence-corrected chi connectivity index (χ2v) is 6.15. The smallest absolute Gasteiger partial charge is 0.231 e. The molecule has 5 heteroatoms. The lowest BCUT2D eigenvalue weighted by Crippen LogP contribution is -2.35. The summed E-state index contributed by atoms with van der Waals surface area (Å²) in [7, 11) is 0. The van der Waals surface area contributed by atoms with Crippen molar-refractivity contribution in [3.05, 3.63) is 17.5 Å². The summed E-state index contributed by atoms with van der Waals surface area (Å²) in [5.41, 5.74) is -0.227. The number of aromatic nitrogens is 2. The largest absolute Gasteiger partial charge is 0.309 e. The number of halogens is 1. The third-order valence-electron chi connectivity index (χ3n) is 3.70. The van der Waals surface area contributed by atoms with E-state index in [1.807, 2.05) is 0 Å². The molecule has 4 nitrogen and oxygen atoms in total. The molecule has 1 saturated carbocycles. The highest BCUT2D eigenvalue weighted by Gasteiger charge is 2.41. The van der Waals surface area contributed by atoms with Crippen LogP contribution in [-0.4, -0.2) is 15.9 Å². The van der Waals surface area contributed by atoms with Gasteiger partial charge in [-0.3, -0.25) is 4.79 Å². The highest BCUT2D eigenvalue weighted by Crippen LogP contribution is 2.43. The number of nitrogens with one attached hydrogen (secondary N) is 1. The lowest BCUT2D eigenvalue weighted by Gasteiger charge is -2.29. The van der Waals surface area contributed by atoms with Gasteiger partial charge in [0.25, 0.3) is 0 Å². The van der Waals surface area contributed by atoms with E-state index in [4.69, 9.17) is 11.6 Å². The fourth-order valence-corrected chi connectivity index (χ4v) is 3.08. The summed E-state index contributed by atoms with van der Waals surface area (Å²) in [6.45, 7) is 4.32. The van der Waals surface area contributed by atoms with E-state index in [0.717, 1.165) is 32.1 Å². The summed E-state index contributed by atoms with van der Waals surface area (Å²) in [5.74, 6) is 1.07. The molecule has 1 aromatic heterocycles. The number of hydrogen-bond acceptors (Lipinski definition) is 3. The summed E-state index contributed by atoms with van der Waals surface area (Å²) in [4.78, 5) is 20.5. The van der Waals surface area contributed by atoms with Crippen molar-refractivity contribution in [2.75, 3.05) is 5.32 Å². The molecule has 1 aliphatic rings. The molecule has 0 saturated heterocycles. The van der Waals surface area contributed by atoms with Crippen LogP contribution in [-0.2, 0) is 4.79 Å². The molecule has 1 heterocycles. The molecule has 1 amide bonds. The molecule has 1 aliphatic carbocycles. The summed E-state index contributed by atoms with van der Waals surface area (Å²) < 4.78 is 0. The first-order valence-corrected chi connectivity index (χ1v) is 7.19. The van der Waals surface area contributed by atoms with Crippen LogP contribution in [0.4, 0.5) is 5.82 Å². The van der Waals surface area contributed by atoms with Crippen molar-refractivity contribution in [1.82, 2.24) is 9.97 Å². The number of rotatable bonds is 4. The highest BCUT2D eigenvalue weighted by molar-refractivity contribution is 6.29. The highest BCUT2D eigenvalue weighted by atomic mass is 35.5. The zero-order valence-corrected chi connectivity index (χ0v) is 12.2. The van der Waals surface area contributed by atoms with Crippen LogP contribution in [0.1, 0.15) is 46.0 Å². The first kappa shape index (κ1) is 14.3. The quantitative estimate of drug-likeness (QED) is 0.916. The Morgan fingerprint density at radius 2 is 2.05 bits per heavy atom. The number of anilines is 1. The average Bonchev–Trinajstić information content (AvgIpc) is 2.81. The van der Waals surface area contributed by atoms with Gasteiger partial charge >= 0.3 is 0 Å².